The number of likely N-dealkylation sites (N-methyl/N-ethyl adjacent to an activating group) is 1. The molecule has 0 unspecified atom stereocenters. The molecule has 1 fully saturated rings. The van der Waals surface area contributed by atoms with E-state index in [4.69, 9.17) is 0 Å². The van der Waals surface area contributed by atoms with Crippen molar-refractivity contribution in [3.63, 3.8) is 0 Å². The van der Waals surface area contributed by atoms with Crippen molar-refractivity contribution < 1.29 is 13.2 Å². The van der Waals surface area contributed by atoms with Crippen molar-refractivity contribution in [3.8, 4) is 0 Å². The topological polar surface area (TPSA) is 82.6 Å². The van der Waals surface area contributed by atoms with Crippen molar-refractivity contribution in [2.75, 3.05) is 38.0 Å². The zero-order chi connectivity index (χ0) is 23.6. The van der Waals surface area contributed by atoms with Gasteiger partial charge in [0.05, 0.1) is 16.0 Å². The van der Waals surface area contributed by atoms with Gasteiger partial charge in [0.15, 0.2) is 0 Å². The molecule has 1 aliphatic rings. The van der Waals surface area contributed by atoms with Crippen LogP contribution in [-0.4, -0.2) is 61.2 Å². The van der Waals surface area contributed by atoms with Crippen LogP contribution in [0.2, 0.25) is 0 Å². The average molecular weight is 467 g/mol. The molecule has 1 amide bonds. The summed E-state index contributed by atoms with van der Waals surface area (Å²) >= 11 is 0. The molecule has 4 rings (SSSR count). The van der Waals surface area contributed by atoms with E-state index in [0.29, 0.717) is 24.3 Å². The largest absolute Gasteiger partial charge is 0.322 e. The van der Waals surface area contributed by atoms with E-state index in [9.17, 15) is 13.2 Å². The van der Waals surface area contributed by atoms with Gasteiger partial charge in [-0.15, -0.1) is 0 Å². The van der Waals surface area contributed by atoms with Crippen molar-refractivity contribution in [2.24, 2.45) is 0 Å². The molecule has 2 aromatic carbocycles. The third-order valence-electron chi connectivity index (χ3n) is 6.31. The number of aryl methyl sites for hydroxylation is 1. The summed E-state index contributed by atoms with van der Waals surface area (Å²) in [5.41, 5.74) is 3.51. The van der Waals surface area contributed by atoms with Crippen LogP contribution in [0.15, 0.2) is 53.4 Å². The summed E-state index contributed by atoms with van der Waals surface area (Å²) in [7, 11) is -3.62. The number of para-hydroxylation sites is 1. The molecule has 1 aromatic heterocycles. The highest BCUT2D eigenvalue weighted by Crippen LogP contribution is 2.26. The van der Waals surface area contributed by atoms with Gasteiger partial charge in [-0.1, -0.05) is 38.1 Å². The fourth-order valence-corrected chi connectivity index (χ4v) is 5.83. The molecule has 0 spiro atoms. The van der Waals surface area contributed by atoms with Crippen LogP contribution >= 0.6 is 0 Å². The molecule has 0 aliphatic carbocycles. The maximum atomic E-state index is 13.3. The summed E-state index contributed by atoms with van der Waals surface area (Å²) in [4.78, 5) is 20.5. The maximum Gasteiger partial charge on any atom is 0.256 e. The summed E-state index contributed by atoms with van der Waals surface area (Å²) in [6, 6.07) is 14.1. The van der Waals surface area contributed by atoms with Crippen molar-refractivity contribution in [2.45, 2.75) is 32.1 Å². The number of fused-ring (bicyclic) bond motifs is 1. The van der Waals surface area contributed by atoms with Gasteiger partial charge in [0.2, 0.25) is 10.0 Å². The van der Waals surface area contributed by atoms with Crippen molar-refractivity contribution in [1.29, 1.82) is 0 Å². The lowest BCUT2D eigenvalue weighted by Crippen LogP contribution is -2.48. The molecule has 1 saturated heterocycles. The Bertz CT molecular complexity index is 1280. The number of hydrogen-bond donors (Lipinski definition) is 1. The van der Waals surface area contributed by atoms with E-state index >= 15 is 0 Å². The van der Waals surface area contributed by atoms with Crippen molar-refractivity contribution in [3.05, 3.63) is 65.4 Å². The Kier molecular flexibility index (Phi) is 6.78. The van der Waals surface area contributed by atoms with E-state index < -0.39 is 10.0 Å². The standard InChI is InChI=1S/C25H30N4O3S/c1-4-22-18(3)24(21-11-6-7-12-23(21)27-22)25(30)26-19-9-8-10-20(17-19)33(31,32)29-15-13-28(5-2)14-16-29/h6-12,17H,4-5,13-16H2,1-3H3,(H,26,30). The summed E-state index contributed by atoms with van der Waals surface area (Å²) in [6.45, 7) is 9.29. The Morgan fingerprint density at radius 3 is 2.45 bits per heavy atom. The van der Waals surface area contributed by atoms with Gasteiger partial charge in [0.25, 0.3) is 5.91 Å². The van der Waals surface area contributed by atoms with Gasteiger partial charge < -0.3 is 10.2 Å². The minimum Gasteiger partial charge on any atom is -0.322 e. The molecule has 0 atom stereocenters. The Morgan fingerprint density at radius 1 is 1.03 bits per heavy atom. The number of piperazine rings is 1. The second-order valence-corrected chi connectivity index (χ2v) is 10.2. The molecule has 33 heavy (non-hydrogen) atoms. The van der Waals surface area contributed by atoms with E-state index in [-0.39, 0.29) is 10.8 Å². The molecule has 1 aliphatic heterocycles. The first-order valence-corrected chi connectivity index (χ1v) is 12.8. The third kappa shape index (κ3) is 4.64. The number of nitrogens with one attached hydrogen (secondary N) is 1. The van der Waals surface area contributed by atoms with Crippen LogP contribution in [0.3, 0.4) is 0 Å². The summed E-state index contributed by atoms with van der Waals surface area (Å²) < 4.78 is 27.9. The maximum absolute atomic E-state index is 13.3. The number of nitrogens with zero attached hydrogens (tertiary/aromatic N) is 3. The average Bonchev–Trinajstić information content (AvgIpc) is 2.83. The Labute approximate surface area is 195 Å². The highest BCUT2D eigenvalue weighted by atomic mass is 32.2. The van der Waals surface area contributed by atoms with E-state index in [1.165, 1.54) is 4.31 Å². The van der Waals surface area contributed by atoms with Gasteiger partial charge in [-0.05, 0) is 49.7 Å². The molecular weight excluding hydrogens is 436 g/mol. The lowest BCUT2D eigenvalue weighted by molar-refractivity contribution is 0.102. The molecule has 7 nitrogen and oxygen atoms in total. The fourth-order valence-electron chi connectivity index (χ4n) is 4.36. The van der Waals surface area contributed by atoms with Crippen LogP contribution in [-0.2, 0) is 16.4 Å². The van der Waals surface area contributed by atoms with Crippen molar-refractivity contribution in [1.82, 2.24) is 14.2 Å². The molecule has 3 aromatic rings. The van der Waals surface area contributed by atoms with Gasteiger partial charge in [0.1, 0.15) is 0 Å². The first kappa shape index (κ1) is 23.4. The van der Waals surface area contributed by atoms with E-state index in [2.05, 4.69) is 22.1 Å². The van der Waals surface area contributed by atoms with Gasteiger partial charge in [-0.2, -0.15) is 4.31 Å². The number of carbonyl (C=O) groups is 1. The molecule has 1 N–H and O–H groups in total. The number of pyridine rings is 1. The second kappa shape index (κ2) is 9.59. The number of rotatable bonds is 6. The molecule has 0 radical (unpaired) electrons. The minimum absolute atomic E-state index is 0.191. The Morgan fingerprint density at radius 2 is 1.76 bits per heavy atom. The number of anilines is 1. The lowest BCUT2D eigenvalue weighted by atomic mass is 9.99. The molecule has 0 bridgehead atoms. The molecular formula is C25H30N4O3S. The number of sulfonamides is 1. The first-order chi connectivity index (χ1) is 15.8. The zero-order valence-corrected chi connectivity index (χ0v) is 20.2. The van der Waals surface area contributed by atoms with Crippen LogP contribution in [0, 0.1) is 6.92 Å². The fraction of sp³-hybridized carbons (Fsp3) is 0.360. The van der Waals surface area contributed by atoms with Crippen LogP contribution in [0.25, 0.3) is 10.9 Å². The molecule has 174 valence electrons. The predicted octanol–water partition coefficient (Wildman–Crippen LogP) is 3.68. The monoisotopic (exact) mass is 466 g/mol. The van der Waals surface area contributed by atoms with E-state index in [1.807, 2.05) is 38.1 Å². The van der Waals surface area contributed by atoms with Gasteiger partial charge >= 0.3 is 0 Å². The SMILES string of the molecule is CCc1nc2ccccc2c(C(=O)Nc2cccc(S(=O)(=O)N3CCN(CC)CC3)c2)c1C. The Hall–Kier alpha value is -2.81. The lowest BCUT2D eigenvalue weighted by Gasteiger charge is -2.33. The van der Waals surface area contributed by atoms with Crippen molar-refractivity contribution >= 4 is 32.5 Å². The number of aromatic nitrogens is 1. The number of amides is 1. The smallest absolute Gasteiger partial charge is 0.256 e. The predicted molar refractivity (Wildman–Crippen MR) is 131 cm³/mol. The zero-order valence-electron chi connectivity index (χ0n) is 19.3. The second-order valence-electron chi connectivity index (χ2n) is 8.25. The normalized spacial score (nSPS) is 15.6. The van der Waals surface area contributed by atoms with Gasteiger partial charge in [-0.25, -0.2) is 8.42 Å². The number of hydrogen-bond acceptors (Lipinski definition) is 5. The molecule has 8 heteroatoms. The number of benzene rings is 2. The van der Waals surface area contributed by atoms with Crippen LogP contribution in [0.4, 0.5) is 5.69 Å². The summed E-state index contributed by atoms with van der Waals surface area (Å²) in [5, 5.41) is 3.70. The number of carbonyl (C=O) groups excluding carboxylic acids is 1. The Balaban J connectivity index is 1.62. The summed E-state index contributed by atoms with van der Waals surface area (Å²) in [6.07, 6.45) is 0.718. The van der Waals surface area contributed by atoms with Crippen LogP contribution < -0.4 is 5.32 Å². The first-order valence-electron chi connectivity index (χ1n) is 11.4. The third-order valence-corrected chi connectivity index (χ3v) is 8.20. The quantitative estimate of drug-likeness (QED) is 0.599. The highest BCUT2D eigenvalue weighted by molar-refractivity contribution is 7.89. The van der Waals surface area contributed by atoms with Gasteiger partial charge in [-0.3, -0.25) is 9.78 Å². The van der Waals surface area contributed by atoms with E-state index in [1.54, 1.807) is 24.3 Å². The minimum atomic E-state index is -3.62. The van der Waals surface area contributed by atoms with Gasteiger partial charge in [0, 0.05) is 42.9 Å². The molecule has 0 saturated carbocycles. The summed E-state index contributed by atoms with van der Waals surface area (Å²) in [5.74, 6) is -0.271. The van der Waals surface area contributed by atoms with Crippen LogP contribution in [0.5, 0.6) is 0 Å². The highest BCUT2D eigenvalue weighted by Gasteiger charge is 2.28. The molecule has 2 heterocycles. The van der Waals surface area contributed by atoms with Crippen LogP contribution in [0.1, 0.15) is 35.5 Å². The van der Waals surface area contributed by atoms with E-state index in [0.717, 1.165) is 48.2 Å².